The van der Waals surface area contributed by atoms with Crippen molar-refractivity contribution in [2.24, 2.45) is 0 Å². The first kappa shape index (κ1) is 15.2. The van der Waals surface area contributed by atoms with Crippen LogP contribution in [0.4, 0.5) is 0 Å². The minimum atomic E-state index is -0.0222. The molecule has 0 aromatic carbocycles. The Morgan fingerprint density at radius 1 is 1.41 bits per heavy atom. The molecule has 5 heteroatoms. The smallest absolute Gasteiger partial charge is 0.258 e. The molecule has 0 spiro atoms. The molecule has 1 saturated heterocycles. The molecule has 2 aromatic rings. The maximum absolute atomic E-state index is 12.2. The van der Waals surface area contributed by atoms with E-state index in [0.717, 1.165) is 30.8 Å². The van der Waals surface area contributed by atoms with Crippen molar-refractivity contribution in [1.29, 1.82) is 0 Å². The van der Waals surface area contributed by atoms with Crippen molar-refractivity contribution < 1.29 is 4.74 Å². The summed E-state index contributed by atoms with van der Waals surface area (Å²) >= 11 is 0. The monoisotopic (exact) mass is 301 g/mol. The molecule has 1 aliphatic heterocycles. The standard InChI is InChI=1S/C17H23N3O2/c1-13-6-7-16-18-14(9-17(21)20(16)10-13)11-19(2)12-15-5-3-4-8-22-15/h6-7,9-10,15H,3-5,8,11-12H2,1-2H3. The summed E-state index contributed by atoms with van der Waals surface area (Å²) < 4.78 is 7.37. The fourth-order valence-electron chi connectivity index (χ4n) is 2.98. The van der Waals surface area contributed by atoms with Crippen molar-refractivity contribution in [3.05, 3.63) is 46.0 Å². The van der Waals surface area contributed by atoms with Crippen LogP contribution >= 0.6 is 0 Å². The number of likely N-dealkylation sites (N-methyl/N-ethyl adjacent to an activating group) is 1. The van der Waals surface area contributed by atoms with Gasteiger partial charge >= 0.3 is 0 Å². The van der Waals surface area contributed by atoms with E-state index >= 15 is 0 Å². The zero-order chi connectivity index (χ0) is 15.5. The van der Waals surface area contributed by atoms with Gasteiger partial charge in [0, 0.05) is 32.0 Å². The molecular formula is C17H23N3O2. The first-order chi connectivity index (χ1) is 10.6. The molecule has 1 unspecified atom stereocenters. The van der Waals surface area contributed by atoms with E-state index in [2.05, 4.69) is 16.9 Å². The molecule has 2 aromatic heterocycles. The Bertz CT molecular complexity index is 705. The van der Waals surface area contributed by atoms with Gasteiger partial charge in [0.2, 0.25) is 0 Å². The number of hydrogen-bond donors (Lipinski definition) is 0. The van der Waals surface area contributed by atoms with Gasteiger partial charge in [-0.3, -0.25) is 14.1 Å². The third kappa shape index (κ3) is 3.54. The van der Waals surface area contributed by atoms with Gasteiger partial charge < -0.3 is 4.74 Å². The molecule has 0 amide bonds. The Hall–Kier alpha value is -1.72. The number of ether oxygens (including phenoxy) is 1. The molecular weight excluding hydrogens is 278 g/mol. The van der Waals surface area contributed by atoms with Crippen LogP contribution in [-0.4, -0.2) is 40.6 Å². The molecule has 0 N–H and O–H groups in total. The van der Waals surface area contributed by atoms with E-state index in [1.807, 2.05) is 25.3 Å². The third-order valence-electron chi connectivity index (χ3n) is 4.08. The van der Waals surface area contributed by atoms with Gasteiger partial charge in [0.15, 0.2) is 0 Å². The maximum Gasteiger partial charge on any atom is 0.258 e. The van der Waals surface area contributed by atoms with Crippen LogP contribution in [0.2, 0.25) is 0 Å². The molecule has 3 heterocycles. The van der Waals surface area contributed by atoms with Crippen molar-refractivity contribution >= 4 is 5.65 Å². The molecule has 0 aliphatic carbocycles. The molecule has 1 atom stereocenters. The minimum absolute atomic E-state index is 0.0222. The Labute approximate surface area is 130 Å². The van der Waals surface area contributed by atoms with E-state index in [1.54, 1.807) is 10.5 Å². The van der Waals surface area contributed by atoms with Crippen molar-refractivity contribution in [3.8, 4) is 0 Å². The summed E-state index contributed by atoms with van der Waals surface area (Å²) in [5.74, 6) is 0. The number of aromatic nitrogens is 2. The lowest BCUT2D eigenvalue weighted by Gasteiger charge is -2.27. The summed E-state index contributed by atoms with van der Waals surface area (Å²) in [7, 11) is 2.05. The highest BCUT2D eigenvalue weighted by Gasteiger charge is 2.16. The van der Waals surface area contributed by atoms with Gasteiger partial charge in [-0.1, -0.05) is 6.07 Å². The topological polar surface area (TPSA) is 46.8 Å². The number of aryl methyl sites for hydroxylation is 1. The SMILES string of the molecule is Cc1ccc2nc(CN(C)CC3CCCCO3)cc(=O)n2c1. The molecule has 0 bridgehead atoms. The lowest BCUT2D eigenvalue weighted by atomic mass is 10.1. The largest absolute Gasteiger partial charge is 0.377 e. The van der Waals surface area contributed by atoms with Gasteiger partial charge in [0.25, 0.3) is 5.56 Å². The van der Waals surface area contributed by atoms with Gasteiger partial charge in [-0.05, 0) is 44.9 Å². The molecule has 5 nitrogen and oxygen atoms in total. The second-order valence-corrected chi connectivity index (χ2v) is 6.21. The quantitative estimate of drug-likeness (QED) is 0.866. The number of fused-ring (bicyclic) bond motifs is 1. The van der Waals surface area contributed by atoms with Crippen LogP contribution in [-0.2, 0) is 11.3 Å². The number of hydrogen-bond acceptors (Lipinski definition) is 4. The predicted octanol–water partition coefficient (Wildman–Crippen LogP) is 2.00. The summed E-state index contributed by atoms with van der Waals surface area (Å²) in [6.07, 6.45) is 5.67. The van der Waals surface area contributed by atoms with Crippen molar-refractivity contribution in [2.45, 2.75) is 38.8 Å². The Balaban J connectivity index is 1.73. The van der Waals surface area contributed by atoms with Gasteiger partial charge in [0.05, 0.1) is 11.8 Å². The molecule has 1 aliphatic rings. The summed E-state index contributed by atoms with van der Waals surface area (Å²) in [6.45, 7) is 4.39. The molecule has 22 heavy (non-hydrogen) atoms. The normalized spacial score (nSPS) is 19.0. The van der Waals surface area contributed by atoms with Gasteiger partial charge in [-0.15, -0.1) is 0 Å². The van der Waals surface area contributed by atoms with E-state index in [4.69, 9.17) is 4.74 Å². The van der Waals surface area contributed by atoms with Gasteiger partial charge in [0.1, 0.15) is 5.65 Å². The molecule has 1 fully saturated rings. The first-order valence-electron chi connectivity index (χ1n) is 7.91. The van der Waals surface area contributed by atoms with Crippen molar-refractivity contribution in [1.82, 2.24) is 14.3 Å². The van der Waals surface area contributed by atoms with Crippen LogP contribution in [0.3, 0.4) is 0 Å². The van der Waals surface area contributed by atoms with E-state index in [0.29, 0.717) is 18.3 Å². The van der Waals surface area contributed by atoms with Crippen LogP contribution in [0.5, 0.6) is 0 Å². The molecule has 3 rings (SSSR count). The van der Waals surface area contributed by atoms with E-state index < -0.39 is 0 Å². The molecule has 0 radical (unpaired) electrons. The predicted molar refractivity (Wildman–Crippen MR) is 86.1 cm³/mol. The highest BCUT2D eigenvalue weighted by atomic mass is 16.5. The lowest BCUT2D eigenvalue weighted by molar-refractivity contribution is -0.00274. The highest BCUT2D eigenvalue weighted by Crippen LogP contribution is 2.14. The minimum Gasteiger partial charge on any atom is -0.377 e. The Morgan fingerprint density at radius 2 is 2.27 bits per heavy atom. The van der Waals surface area contributed by atoms with E-state index in [1.165, 1.54) is 12.8 Å². The van der Waals surface area contributed by atoms with Gasteiger partial charge in [-0.2, -0.15) is 0 Å². The Kier molecular flexibility index (Phi) is 4.55. The number of nitrogens with zero attached hydrogens (tertiary/aromatic N) is 3. The first-order valence-corrected chi connectivity index (χ1v) is 7.91. The van der Waals surface area contributed by atoms with Crippen LogP contribution in [0.25, 0.3) is 5.65 Å². The van der Waals surface area contributed by atoms with Crippen LogP contribution in [0.15, 0.2) is 29.2 Å². The number of rotatable bonds is 4. The average molecular weight is 301 g/mol. The summed E-state index contributed by atoms with van der Waals surface area (Å²) in [4.78, 5) is 19.0. The summed E-state index contributed by atoms with van der Waals surface area (Å²) in [5, 5.41) is 0. The zero-order valence-electron chi connectivity index (χ0n) is 13.3. The molecule has 118 valence electrons. The van der Waals surface area contributed by atoms with Crippen molar-refractivity contribution in [3.63, 3.8) is 0 Å². The van der Waals surface area contributed by atoms with Crippen LogP contribution in [0, 0.1) is 6.92 Å². The lowest BCUT2D eigenvalue weighted by Crippen LogP contribution is -2.33. The third-order valence-corrected chi connectivity index (χ3v) is 4.08. The fourth-order valence-corrected chi connectivity index (χ4v) is 2.98. The van der Waals surface area contributed by atoms with Crippen LogP contribution in [0.1, 0.15) is 30.5 Å². The summed E-state index contributed by atoms with van der Waals surface area (Å²) in [5.41, 5.74) is 2.55. The Morgan fingerprint density at radius 3 is 3.05 bits per heavy atom. The zero-order valence-corrected chi connectivity index (χ0v) is 13.3. The second kappa shape index (κ2) is 6.58. The maximum atomic E-state index is 12.2. The van der Waals surface area contributed by atoms with Crippen LogP contribution < -0.4 is 5.56 Å². The summed E-state index contributed by atoms with van der Waals surface area (Å²) in [6, 6.07) is 5.50. The van der Waals surface area contributed by atoms with E-state index in [-0.39, 0.29) is 5.56 Å². The van der Waals surface area contributed by atoms with Gasteiger partial charge in [-0.25, -0.2) is 4.98 Å². The highest BCUT2D eigenvalue weighted by molar-refractivity contribution is 5.39. The number of pyridine rings is 1. The second-order valence-electron chi connectivity index (χ2n) is 6.21. The van der Waals surface area contributed by atoms with E-state index in [9.17, 15) is 4.79 Å². The molecule has 0 saturated carbocycles. The fraction of sp³-hybridized carbons (Fsp3) is 0.529. The average Bonchev–Trinajstić information content (AvgIpc) is 2.49. The van der Waals surface area contributed by atoms with Crippen molar-refractivity contribution in [2.75, 3.05) is 20.2 Å².